The molecular weight excluding hydrogens is 336 g/mol. The molecule has 0 radical (unpaired) electrons. The summed E-state index contributed by atoms with van der Waals surface area (Å²) < 4.78 is 0. The average Bonchev–Trinajstić information content (AvgIpc) is 2.82. The first-order valence-electron chi connectivity index (χ1n) is 8.22. The number of benzene rings is 1. The fourth-order valence-electron chi connectivity index (χ4n) is 2.62. The molecule has 1 aliphatic rings. The van der Waals surface area contributed by atoms with Crippen molar-refractivity contribution >= 4 is 23.9 Å². The molecule has 0 unspecified atom stereocenters. The molecule has 1 atom stereocenters. The summed E-state index contributed by atoms with van der Waals surface area (Å²) in [6, 6.07) is 8.23. The number of imide groups is 2. The Morgan fingerprint density at radius 2 is 1.96 bits per heavy atom. The van der Waals surface area contributed by atoms with E-state index >= 15 is 0 Å². The molecule has 2 rings (SSSR count). The summed E-state index contributed by atoms with van der Waals surface area (Å²) in [5.41, 5.74) is -0.0379. The minimum Gasteiger partial charge on any atom is -0.334 e. The Bertz CT molecular complexity index is 719. The van der Waals surface area contributed by atoms with E-state index < -0.39 is 36.0 Å². The number of amides is 6. The summed E-state index contributed by atoms with van der Waals surface area (Å²) >= 11 is 0. The van der Waals surface area contributed by atoms with Gasteiger partial charge >= 0.3 is 12.1 Å². The summed E-state index contributed by atoms with van der Waals surface area (Å²) in [5, 5.41) is 7.07. The third-order valence-corrected chi connectivity index (χ3v) is 4.06. The fraction of sp³-hybridized carbons (Fsp3) is 0.333. The van der Waals surface area contributed by atoms with Crippen LogP contribution in [0.25, 0.3) is 0 Å². The van der Waals surface area contributed by atoms with E-state index in [1.54, 1.807) is 6.92 Å². The van der Waals surface area contributed by atoms with Crippen LogP contribution in [0.1, 0.15) is 18.9 Å². The molecule has 138 valence electrons. The van der Waals surface area contributed by atoms with Crippen molar-refractivity contribution in [2.24, 2.45) is 0 Å². The van der Waals surface area contributed by atoms with E-state index in [4.69, 9.17) is 0 Å². The van der Waals surface area contributed by atoms with Crippen molar-refractivity contribution in [2.45, 2.75) is 25.3 Å². The van der Waals surface area contributed by atoms with Gasteiger partial charge in [0.2, 0.25) is 5.91 Å². The molecule has 0 aromatic heterocycles. The highest BCUT2D eigenvalue weighted by Gasteiger charge is 2.47. The number of nitrogens with zero attached hydrogens (tertiary/aromatic N) is 1. The summed E-state index contributed by atoms with van der Waals surface area (Å²) in [5.74, 6) is -1.23. The van der Waals surface area contributed by atoms with Gasteiger partial charge in [-0.25, -0.2) is 9.59 Å². The van der Waals surface area contributed by atoms with Crippen molar-refractivity contribution in [2.75, 3.05) is 13.1 Å². The van der Waals surface area contributed by atoms with Crippen LogP contribution in [0.5, 0.6) is 0 Å². The van der Waals surface area contributed by atoms with Crippen LogP contribution in [0.15, 0.2) is 43.0 Å². The molecule has 1 heterocycles. The van der Waals surface area contributed by atoms with Gasteiger partial charge in [-0.2, -0.15) is 0 Å². The lowest BCUT2D eigenvalue weighted by molar-refractivity contribution is -0.134. The summed E-state index contributed by atoms with van der Waals surface area (Å²) in [6.07, 6.45) is 2.46. The molecule has 1 saturated heterocycles. The van der Waals surface area contributed by atoms with E-state index in [0.29, 0.717) is 12.8 Å². The van der Waals surface area contributed by atoms with E-state index in [9.17, 15) is 19.2 Å². The minimum atomic E-state index is -1.09. The van der Waals surface area contributed by atoms with E-state index in [1.165, 1.54) is 6.08 Å². The molecule has 1 aromatic carbocycles. The highest BCUT2D eigenvalue weighted by atomic mass is 16.2. The molecule has 26 heavy (non-hydrogen) atoms. The molecule has 0 bridgehead atoms. The van der Waals surface area contributed by atoms with Gasteiger partial charge in [0.15, 0.2) is 0 Å². The predicted octanol–water partition coefficient (Wildman–Crippen LogP) is 0.941. The zero-order valence-corrected chi connectivity index (χ0v) is 14.6. The van der Waals surface area contributed by atoms with Gasteiger partial charge in [0.05, 0.1) is 0 Å². The van der Waals surface area contributed by atoms with Crippen LogP contribution in [-0.4, -0.2) is 47.4 Å². The van der Waals surface area contributed by atoms with Crippen LogP contribution in [0, 0.1) is 0 Å². The molecule has 0 saturated carbocycles. The Hall–Kier alpha value is -3.16. The smallest absolute Gasteiger partial charge is 0.325 e. The van der Waals surface area contributed by atoms with Crippen molar-refractivity contribution < 1.29 is 19.2 Å². The minimum absolute atomic E-state index is 0.194. The summed E-state index contributed by atoms with van der Waals surface area (Å²) in [6.45, 7) is 4.74. The highest BCUT2D eigenvalue weighted by molar-refractivity contribution is 6.09. The Morgan fingerprint density at radius 3 is 2.62 bits per heavy atom. The molecular formula is C18H22N4O4. The van der Waals surface area contributed by atoms with Gasteiger partial charge in [-0.05, 0) is 25.3 Å². The Morgan fingerprint density at radius 1 is 1.27 bits per heavy atom. The average molecular weight is 358 g/mol. The number of carbonyl (C=O) groups excluding carboxylic acids is 4. The highest BCUT2D eigenvalue weighted by Crippen LogP contribution is 2.23. The first-order valence-corrected chi connectivity index (χ1v) is 8.22. The molecule has 1 aromatic rings. The van der Waals surface area contributed by atoms with E-state index in [-0.39, 0.29) is 6.54 Å². The molecule has 0 spiro atoms. The molecule has 1 aliphatic heterocycles. The van der Waals surface area contributed by atoms with Gasteiger partial charge in [0.25, 0.3) is 5.91 Å². The largest absolute Gasteiger partial charge is 0.334 e. The van der Waals surface area contributed by atoms with Crippen LogP contribution in [0.3, 0.4) is 0 Å². The summed E-state index contributed by atoms with van der Waals surface area (Å²) in [7, 11) is 0. The maximum absolute atomic E-state index is 12.6. The van der Waals surface area contributed by atoms with Crippen molar-refractivity contribution in [3.05, 3.63) is 48.6 Å². The lowest BCUT2D eigenvalue weighted by Crippen LogP contribution is -2.47. The Balaban J connectivity index is 1.93. The molecule has 0 aliphatic carbocycles. The van der Waals surface area contributed by atoms with Gasteiger partial charge in [-0.15, -0.1) is 6.58 Å². The molecule has 3 N–H and O–H groups in total. The number of nitrogens with one attached hydrogen (secondary N) is 3. The summed E-state index contributed by atoms with van der Waals surface area (Å²) in [4.78, 5) is 48.9. The number of hydrogen-bond acceptors (Lipinski definition) is 4. The second-order valence-electron chi connectivity index (χ2n) is 6.19. The number of aryl methyl sites for hydroxylation is 1. The molecule has 8 heteroatoms. The topological polar surface area (TPSA) is 108 Å². The first kappa shape index (κ1) is 19.2. The third kappa shape index (κ3) is 4.69. The zero-order valence-electron chi connectivity index (χ0n) is 14.6. The second-order valence-corrected chi connectivity index (χ2v) is 6.19. The van der Waals surface area contributed by atoms with Crippen LogP contribution >= 0.6 is 0 Å². The monoisotopic (exact) mass is 358 g/mol. The quantitative estimate of drug-likeness (QED) is 0.498. The van der Waals surface area contributed by atoms with Crippen LogP contribution in [0.4, 0.5) is 9.59 Å². The number of carbonyl (C=O) groups is 4. The number of rotatable bonds is 7. The first-order chi connectivity index (χ1) is 12.4. The maximum atomic E-state index is 12.6. The van der Waals surface area contributed by atoms with Crippen molar-refractivity contribution in [3.63, 3.8) is 0 Å². The zero-order chi connectivity index (χ0) is 19.2. The van der Waals surface area contributed by atoms with Crippen molar-refractivity contribution in [1.29, 1.82) is 0 Å². The maximum Gasteiger partial charge on any atom is 0.325 e. The van der Waals surface area contributed by atoms with Gasteiger partial charge < -0.3 is 10.6 Å². The van der Waals surface area contributed by atoms with Gasteiger partial charge in [-0.1, -0.05) is 36.4 Å². The van der Waals surface area contributed by atoms with E-state index in [0.717, 1.165) is 10.5 Å². The van der Waals surface area contributed by atoms with E-state index in [2.05, 4.69) is 22.5 Å². The van der Waals surface area contributed by atoms with Gasteiger partial charge in [-0.3, -0.25) is 19.8 Å². The van der Waals surface area contributed by atoms with Crippen LogP contribution in [-0.2, 0) is 16.0 Å². The van der Waals surface area contributed by atoms with Gasteiger partial charge in [0.1, 0.15) is 12.1 Å². The molecule has 8 nitrogen and oxygen atoms in total. The second kappa shape index (κ2) is 8.28. The fourth-order valence-corrected chi connectivity index (χ4v) is 2.62. The van der Waals surface area contributed by atoms with Gasteiger partial charge in [0, 0.05) is 6.54 Å². The normalized spacial score (nSPS) is 19.0. The Labute approximate surface area is 151 Å². The number of urea groups is 2. The predicted molar refractivity (Wildman–Crippen MR) is 95.2 cm³/mol. The molecule has 6 amide bonds. The Kier molecular flexibility index (Phi) is 6.11. The SMILES string of the molecule is C=CCNC(=O)NC(=O)CN1C(=O)N[C@](C)(CCc2ccccc2)C1=O. The molecule has 1 fully saturated rings. The lowest BCUT2D eigenvalue weighted by atomic mass is 9.93. The van der Waals surface area contributed by atoms with Crippen molar-refractivity contribution in [1.82, 2.24) is 20.9 Å². The lowest BCUT2D eigenvalue weighted by Gasteiger charge is -2.21. The van der Waals surface area contributed by atoms with Crippen molar-refractivity contribution in [3.8, 4) is 0 Å². The van der Waals surface area contributed by atoms with E-state index in [1.807, 2.05) is 30.3 Å². The van der Waals surface area contributed by atoms with Crippen LogP contribution < -0.4 is 16.0 Å². The van der Waals surface area contributed by atoms with Crippen LogP contribution in [0.2, 0.25) is 0 Å². The third-order valence-electron chi connectivity index (χ3n) is 4.06. The standard InChI is InChI=1S/C18H22N4O4/c1-3-11-19-16(25)20-14(23)12-22-15(24)18(2,21-17(22)26)10-9-13-7-5-4-6-8-13/h3-8H,1,9-12H2,2H3,(H,21,26)(H2,19,20,23,25)/t18-/m1/s1. The number of hydrogen-bond donors (Lipinski definition) is 3.